The van der Waals surface area contributed by atoms with Crippen molar-refractivity contribution >= 4 is 10.0 Å². The summed E-state index contributed by atoms with van der Waals surface area (Å²) in [5, 5.41) is 8.79. The summed E-state index contributed by atoms with van der Waals surface area (Å²) in [7, 11) is -3.44. The molecule has 0 saturated heterocycles. The fourth-order valence-corrected chi connectivity index (χ4v) is 3.37. The topological polar surface area (TPSA) is 66.4 Å². The van der Waals surface area contributed by atoms with E-state index in [4.69, 9.17) is 5.11 Å². The van der Waals surface area contributed by atoms with E-state index in [0.29, 0.717) is 17.2 Å². The minimum Gasteiger partial charge on any atom is -0.396 e. The Morgan fingerprint density at radius 1 is 1.10 bits per heavy atom. The minimum absolute atomic E-state index is 0.0635. The van der Waals surface area contributed by atoms with Gasteiger partial charge in [0.2, 0.25) is 10.0 Å². The lowest BCUT2D eigenvalue weighted by Crippen LogP contribution is -2.32. The number of hydrogen-bond donors (Lipinski definition) is 2. The van der Waals surface area contributed by atoms with Gasteiger partial charge in [-0.25, -0.2) is 13.1 Å². The Hall–Kier alpha value is -0.910. The number of sulfonamides is 1. The van der Waals surface area contributed by atoms with E-state index >= 15 is 0 Å². The van der Waals surface area contributed by atoms with Crippen LogP contribution in [0.15, 0.2) is 29.2 Å². The Bertz CT molecular complexity index is 509. The lowest BCUT2D eigenvalue weighted by Gasteiger charge is -2.15. The van der Waals surface area contributed by atoms with Gasteiger partial charge in [-0.05, 0) is 56.2 Å². The molecule has 0 aliphatic carbocycles. The van der Waals surface area contributed by atoms with E-state index < -0.39 is 10.0 Å². The van der Waals surface area contributed by atoms with Crippen molar-refractivity contribution in [1.82, 2.24) is 4.72 Å². The van der Waals surface area contributed by atoms with Gasteiger partial charge < -0.3 is 5.11 Å². The minimum atomic E-state index is -3.44. The second-order valence-corrected chi connectivity index (χ2v) is 7.68. The predicted molar refractivity (Wildman–Crippen MR) is 85.7 cm³/mol. The summed E-state index contributed by atoms with van der Waals surface area (Å²) in [5.74, 6) is 0.572. The fourth-order valence-electron chi connectivity index (χ4n) is 2.09. The molecule has 1 rings (SSSR count). The summed E-state index contributed by atoms with van der Waals surface area (Å²) in [4.78, 5) is 0.298. The van der Waals surface area contributed by atoms with E-state index in [9.17, 15) is 8.42 Å². The van der Waals surface area contributed by atoms with Gasteiger partial charge in [-0.1, -0.05) is 26.0 Å². The van der Waals surface area contributed by atoms with E-state index in [1.165, 1.54) is 0 Å². The van der Waals surface area contributed by atoms with E-state index in [1.807, 2.05) is 19.1 Å². The lowest BCUT2D eigenvalue weighted by molar-refractivity contribution is 0.288. The van der Waals surface area contributed by atoms with Gasteiger partial charge in [0, 0.05) is 12.6 Å². The Labute approximate surface area is 128 Å². The molecule has 1 aromatic carbocycles. The van der Waals surface area contributed by atoms with Crippen LogP contribution < -0.4 is 4.72 Å². The van der Waals surface area contributed by atoms with Crippen LogP contribution >= 0.6 is 0 Å². The highest BCUT2D eigenvalue weighted by Crippen LogP contribution is 2.14. The summed E-state index contributed by atoms with van der Waals surface area (Å²) in [5.41, 5.74) is 1.04. The van der Waals surface area contributed by atoms with Crippen LogP contribution in [0.1, 0.15) is 45.6 Å². The molecule has 0 saturated carbocycles. The molecule has 0 aliphatic rings. The summed E-state index contributed by atoms with van der Waals surface area (Å²) in [6.07, 6.45) is 3.29. The van der Waals surface area contributed by atoms with Crippen LogP contribution in [0, 0.1) is 5.92 Å². The second-order valence-electron chi connectivity index (χ2n) is 5.96. The first kappa shape index (κ1) is 18.1. The first-order chi connectivity index (χ1) is 9.85. The first-order valence-electron chi connectivity index (χ1n) is 7.57. The van der Waals surface area contributed by atoms with Crippen molar-refractivity contribution in [3.8, 4) is 0 Å². The van der Waals surface area contributed by atoms with Crippen molar-refractivity contribution in [1.29, 1.82) is 0 Å². The van der Waals surface area contributed by atoms with Gasteiger partial charge in [-0.15, -0.1) is 0 Å². The molecule has 0 amide bonds. The molecule has 2 N–H and O–H groups in total. The maximum atomic E-state index is 12.3. The van der Waals surface area contributed by atoms with Gasteiger partial charge in [-0.3, -0.25) is 0 Å². The summed E-state index contributed by atoms with van der Waals surface area (Å²) in [6.45, 7) is 6.31. The summed E-state index contributed by atoms with van der Waals surface area (Å²) >= 11 is 0. The molecule has 0 radical (unpaired) electrons. The van der Waals surface area contributed by atoms with Crippen molar-refractivity contribution in [2.75, 3.05) is 6.61 Å². The first-order valence-corrected chi connectivity index (χ1v) is 9.05. The van der Waals surface area contributed by atoms with Gasteiger partial charge in [0.05, 0.1) is 4.90 Å². The number of benzene rings is 1. The van der Waals surface area contributed by atoms with Crippen LogP contribution in [0.2, 0.25) is 0 Å². The largest absolute Gasteiger partial charge is 0.396 e. The molecule has 0 aliphatic heterocycles. The number of nitrogens with one attached hydrogen (secondary N) is 1. The maximum absolute atomic E-state index is 12.3. The molecule has 0 heterocycles. The van der Waals surface area contributed by atoms with Crippen LogP contribution in [-0.2, 0) is 16.4 Å². The Kier molecular flexibility index (Phi) is 7.35. The van der Waals surface area contributed by atoms with Gasteiger partial charge >= 0.3 is 0 Å². The lowest BCUT2D eigenvalue weighted by atomic mass is 10.1. The summed E-state index contributed by atoms with van der Waals surface area (Å²) in [6, 6.07) is 6.81. The number of aliphatic hydroxyl groups excluding tert-OH is 1. The monoisotopic (exact) mass is 313 g/mol. The highest BCUT2D eigenvalue weighted by Gasteiger charge is 2.17. The van der Waals surface area contributed by atoms with Gasteiger partial charge in [0.15, 0.2) is 0 Å². The van der Waals surface area contributed by atoms with E-state index in [2.05, 4.69) is 18.6 Å². The molecule has 0 aromatic heterocycles. The van der Waals surface area contributed by atoms with Crippen molar-refractivity contribution in [2.24, 2.45) is 5.92 Å². The molecule has 1 aromatic rings. The van der Waals surface area contributed by atoms with Crippen molar-refractivity contribution in [3.05, 3.63) is 29.8 Å². The van der Waals surface area contributed by atoms with E-state index in [-0.39, 0.29) is 12.6 Å². The molecule has 4 nitrogen and oxygen atoms in total. The smallest absolute Gasteiger partial charge is 0.240 e. The fraction of sp³-hybridized carbons (Fsp3) is 0.625. The van der Waals surface area contributed by atoms with E-state index in [0.717, 1.165) is 24.8 Å². The second kappa shape index (κ2) is 8.51. The third-order valence-corrected chi connectivity index (χ3v) is 5.00. The highest BCUT2D eigenvalue weighted by molar-refractivity contribution is 7.89. The van der Waals surface area contributed by atoms with Crippen LogP contribution in [0.25, 0.3) is 0 Å². The number of aliphatic hydroxyl groups is 1. The molecule has 0 spiro atoms. The van der Waals surface area contributed by atoms with Crippen LogP contribution in [-0.4, -0.2) is 26.2 Å². The predicted octanol–water partition coefficient (Wildman–Crippen LogP) is 2.71. The molecular weight excluding hydrogens is 286 g/mol. The van der Waals surface area contributed by atoms with Crippen LogP contribution in [0.5, 0.6) is 0 Å². The standard InChI is InChI=1S/C16H27NO3S/c1-13(2)6-7-14(3)17-21(19,20)16-10-8-15(9-11-16)5-4-12-18/h8-11,13-14,17-18H,4-7,12H2,1-3H3. The molecule has 1 atom stereocenters. The average Bonchev–Trinajstić information content (AvgIpc) is 2.43. The SMILES string of the molecule is CC(C)CCC(C)NS(=O)(=O)c1ccc(CCCO)cc1. The molecule has 1 unspecified atom stereocenters. The van der Waals surface area contributed by atoms with Crippen LogP contribution in [0.3, 0.4) is 0 Å². The van der Waals surface area contributed by atoms with Gasteiger partial charge in [0.1, 0.15) is 0 Å². The number of hydrogen-bond acceptors (Lipinski definition) is 3. The Morgan fingerprint density at radius 2 is 1.71 bits per heavy atom. The molecule has 120 valence electrons. The van der Waals surface area contributed by atoms with Crippen molar-refractivity contribution in [3.63, 3.8) is 0 Å². The number of rotatable bonds is 9. The molecule has 0 fully saturated rings. The Balaban J connectivity index is 2.65. The van der Waals surface area contributed by atoms with Crippen molar-refractivity contribution < 1.29 is 13.5 Å². The van der Waals surface area contributed by atoms with Gasteiger partial charge in [-0.2, -0.15) is 0 Å². The average molecular weight is 313 g/mol. The van der Waals surface area contributed by atoms with Gasteiger partial charge in [0.25, 0.3) is 0 Å². The zero-order valence-corrected chi connectivity index (χ0v) is 14.0. The normalized spacial score (nSPS) is 13.6. The highest BCUT2D eigenvalue weighted by atomic mass is 32.2. The van der Waals surface area contributed by atoms with E-state index in [1.54, 1.807) is 12.1 Å². The third kappa shape index (κ3) is 6.59. The zero-order chi connectivity index (χ0) is 15.9. The maximum Gasteiger partial charge on any atom is 0.240 e. The molecule has 5 heteroatoms. The molecular formula is C16H27NO3S. The molecule has 21 heavy (non-hydrogen) atoms. The van der Waals surface area contributed by atoms with Crippen LogP contribution in [0.4, 0.5) is 0 Å². The van der Waals surface area contributed by atoms with Crippen molar-refractivity contribution in [2.45, 2.75) is 57.4 Å². The number of aryl methyl sites for hydroxylation is 1. The summed E-state index contributed by atoms with van der Waals surface area (Å²) < 4.78 is 27.2. The third-order valence-electron chi connectivity index (χ3n) is 3.39. The quantitative estimate of drug-likeness (QED) is 0.736. The zero-order valence-electron chi connectivity index (χ0n) is 13.2. The Morgan fingerprint density at radius 3 is 2.24 bits per heavy atom. The molecule has 0 bridgehead atoms.